The molecule has 1 atom stereocenters. The molecule has 0 aliphatic heterocycles. The van der Waals surface area contributed by atoms with Crippen LogP contribution < -0.4 is 5.32 Å². The van der Waals surface area contributed by atoms with E-state index >= 15 is 0 Å². The Balaban J connectivity index is 1.96. The van der Waals surface area contributed by atoms with Crippen LogP contribution in [-0.4, -0.2) is 6.54 Å². The fourth-order valence-corrected chi connectivity index (χ4v) is 2.82. The maximum absolute atomic E-state index is 5.95. The quantitative estimate of drug-likeness (QED) is 0.766. The van der Waals surface area contributed by atoms with E-state index in [2.05, 4.69) is 31.3 Å². The first kappa shape index (κ1) is 13.9. The van der Waals surface area contributed by atoms with Crippen molar-refractivity contribution in [3.05, 3.63) is 34.9 Å². The van der Waals surface area contributed by atoms with Crippen LogP contribution in [0.25, 0.3) is 0 Å². The molecule has 2 rings (SSSR count). The van der Waals surface area contributed by atoms with Gasteiger partial charge >= 0.3 is 0 Å². The Kier molecular flexibility index (Phi) is 4.69. The number of halogens is 1. The van der Waals surface area contributed by atoms with E-state index in [1.165, 1.54) is 37.7 Å². The summed E-state index contributed by atoms with van der Waals surface area (Å²) in [6, 6.07) is 8.76. The Morgan fingerprint density at radius 1 is 1.28 bits per heavy atom. The lowest BCUT2D eigenvalue weighted by Gasteiger charge is -2.39. The summed E-state index contributed by atoms with van der Waals surface area (Å²) in [5.41, 5.74) is 1.91. The Bertz CT molecular complexity index is 367. The largest absolute Gasteiger partial charge is 0.309 e. The van der Waals surface area contributed by atoms with Crippen LogP contribution in [0.4, 0.5) is 0 Å². The van der Waals surface area contributed by atoms with Gasteiger partial charge in [0, 0.05) is 17.6 Å². The van der Waals surface area contributed by atoms with Gasteiger partial charge in [0.1, 0.15) is 0 Å². The molecule has 1 N–H and O–H groups in total. The summed E-state index contributed by atoms with van der Waals surface area (Å²) in [7, 11) is 0. The van der Waals surface area contributed by atoms with Crippen LogP contribution in [0, 0.1) is 5.41 Å². The molecular formula is C16H24ClN. The van der Waals surface area contributed by atoms with E-state index in [0.717, 1.165) is 11.6 Å². The van der Waals surface area contributed by atoms with Crippen LogP contribution in [-0.2, 0) is 0 Å². The van der Waals surface area contributed by atoms with Gasteiger partial charge in [0.15, 0.2) is 0 Å². The number of benzene rings is 1. The molecule has 1 fully saturated rings. The molecule has 0 heterocycles. The second-order valence-electron chi connectivity index (χ2n) is 5.94. The topological polar surface area (TPSA) is 12.0 Å². The third kappa shape index (κ3) is 3.49. The second-order valence-corrected chi connectivity index (χ2v) is 6.37. The molecule has 1 nitrogen and oxygen atoms in total. The predicted octanol–water partition coefficient (Wildman–Crippen LogP) is 4.96. The highest BCUT2D eigenvalue weighted by atomic mass is 35.5. The molecule has 0 spiro atoms. The van der Waals surface area contributed by atoms with Gasteiger partial charge in [-0.25, -0.2) is 0 Å². The maximum Gasteiger partial charge on any atom is 0.0406 e. The number of hydrogen-bond acceptors (Lipinski definition) is 1. The molecule has 0 bridgehead atoms. The van der Waals surface area contributed by atoms with Gasteiger partial charge in [0.25, 0.3) is 0 Å². The van der Waals surface area contributed by atoms with Crippen molar-refractivity contribution < 1.29 is 0 Å². The van der Waals surface area contributed by atoms with Crippen LogP contribution >= 0.6 is 11.6 Å². The molecule has 1 aromatic carbocycles. The van der Waals surface area contributed by atoms with Gasteiger partial charge in [-0.2, -0.15) is 0 Å². The third-order valence-electron chi connectivity index (χ3n) is 4.19. The van der Waals surface area contributed by atoms with E-state index in [-0.39, 0.29) is 0 Å². The molecule has 1 aliphatic carbocycles. The van der Waals surface area contributed by atoms with Crippen molar-refractivity contribution in [2.45, 2.75) is 52.0 Å². The van der Waals surface area contributed by atoms with E-state index in [9.17, 15) is 0 Å². The molecule has 0 aromatic heterocycles. The van der Waals surface area contributed by atoms with E-state index in [0.29, 0.717) is 11.5 Å². The van der Waals surface area contributed by atoms with Crippen molar-refractivity contribution >= 4 is 11.6 Å². The molecule has 0 radical (unpaired) electrons. The highest BCUT2D eigenvalue weighted by molar-refractivity contribution is 6.30. The molecule has 0 saturated heterocycles. The van der Waals surface area contributed by atoms with Gasteiger partial charge in [-0.05, 0) is 42.4 Å². The van der Waals surface area contributed by atoms with E-state index in [1.807, 2.05) is 12.1 Å². The standard InChI is InChI=1S/C16H24ClN/c1-3-5-15(13-6-8-14(17)9-7-13)18-12-16(2)10-4-11-16/h6-9,15,18H,3-5,10-12H2,1-2H3. The van der Waals surface area contributed by atoms with Gasteiger partial charge in [-0.15, -0.1) is 0 Å². The van der Waals surface area contributed by atoms with Crippen molar-refractivity contribution in [3.8, 4) is 0 Å². The minimum Gasteiger partial charge on any atom is -0.309 e. The Morgan fingerprint density at radius 3 is 2.44 bits per heavy atom. The Labute approximate surface area is 116 Å². The SMILES string of the molecule is CCCC(NCC1(C)CCC1)c1ccc(Cl)cc1. The molecule has 1 saturated carbocycles. The normalized spacial score (nSPS) is 19.3. The fourth-order valence-electron chi connectivity index (χ4n) is 2.70. The van der Waals surface area contributed by atoms with Crippen molar-refractivity contribution in [1.29, 1.82) is 0 Å². The molecule has 0 amide bonds. The molecule has 1 unspecified atom stereocenters. The van der Waals surface area contributed by atoms with Gasteiger partial charge in [0.05, 0.1) is 0 Å². The van der Waals surface area contributed by atoms with Gasteiger partial charge in [-0.1, -0.05) is 50.4 Å². The third-order valence-corrected chi connectivity index (χ3v) is 4.44. The minimum absolute atomic E-state index is 0.477. The lowest BCUT2D eigenvalue weighted by atomic mass is 9.70. The highest BCUT2D eigenvalue weighted by Crippen LogP contribution is 2.40. The first-order valence-electron chi connectivity index (χ1n) is 7.12. The average molecular weight is 266 g/mol. The van der Waals surface area contributed by atoms with Crippen molar-refractivity contribution in [3.63, 3.8) is 0 Å². The maximum atomic E-state index is 5.95. The molecular weight excluding hydrogens is 242 g/mol. The van der Waals surface area contributed by atoms with Crippen molar-refractivity contribution in [1.82, 2.24) is 5.32 Å². The summed E-state index contributed by atoms with van der Waals surface area (Å²) in [5, 5.41) is 4.58. The first-order valence-corrected chi connectivity index (χ1v) is 7.50. The summed E-state index contributed by atoms with van der Waals surface area (Å²) >= 11 is 5.95. The lowest BCUT2D eigenvalue weighted by Crippen LogP contribution is -2.38. The number of hydrogen-bond donors (Lipinski definition) is 1. The van der Waals surface area contributed by atoms with Crippen LogP contribution in [0.2, 0.25) is 5.02 Å². The summed E-state index contributed by atoms with van der Waals surface area (Å²) in [6.07, 6.45) is 6.55. The van der Waals surface area contributed by atoms with E-state index < -0.39 is 0 Å². The zero-order valence-electron chi connectivity index (χ0n) is 11.5. The number of rotatable bonds is 6. The smallest absolute Gasteiger partial charge is 0.0406 e. The van der Waals surface area contributed by atoms with Gasteiger partial charge in [-0.3, -0.25) is 0 Å². The summed E-state index contributed by atoms with van der Waals surface area (Å²) < 4.78 is 0. The average Bonchev–Trinajstić information content (AvgIpc) is 2.33. The minimum atomic E-state index is 0.477. The summed E-state index contributed by atoms with van der Waals surface area (Å²) in [4.78, 5) is 0. The Morgan fingerprint density at radius 2 is 1.94 bits per heavy atom. The fraction of sp³-hybridized carbons (Fsp3) is 0.625. The monoisotopic (exact) mass is 265 g/mol. The molecule has 2 heteroatoms. The van der Waals surface area contributed by atoms with Crippen LogP contribution in [0.15, 0.2) is 24.3 Å². The van der Waals surface area contributed by atoms with Crippen molar-refractivity contribution in [2.24, 2.45) is 5.41 Å². The van der Waals surface area contributed by atoms with E-state index in [4.69, 9.17) is 11.6 Å². The zero-order valence-corrected chi connectivity index (χ0v) is 12.3. The van der Waals surface area contributed by atoms with Crippen LogP contribution in [0.1, 0.15) is 57.6 Å². The van der Waals surface area contributed by atoms with E-state index in [1.54, 1.807) is 0 Å². The van der Waals surface area contributed by atoms with Gasteiger partial charge in [0.2, 0.25) is 0 Å². The predicted molar refractivity (Wildman–Crippen MR) is 79.1 cm³/mol. The van der Waals surface area contributed by atoms with Crippen molar-refractivity contribution in [2.75, 3.05) is 6.54 Å². The molecule has 18 heavy (non-hydrogen) atoms. The zero-order chi connectivity index (χ0) is 13.0. The Hall–Kier alpha value is -0.530. The first-order chi connectivity index (χ1) is 8.63. The number of nitrogens with one attached hydrogen (secondary N) is 1. The molecule has 1 aromatic rings. The lowest BCUT2D eigenvalue weighted by molar-refractivity contribution is 0.149. The second kappa shape index (κ2) is 6.08. The highest BCUT2D eigenvalue weighted by Gasteiger charge is 2.31. The molecule has 1 aliphatic rings. The van der Waals surface area contributed by atoms with Gasteiger partial charge < -0.3 is 5.32 Å². The summed E-state index contributed by atoms with van der Waals surface area (Å²) in [5.74, 6) is 0. The van der Waals surface area contributed by atoms with Crippen LogP contribution in [0.5, 0.6) is 0 Å². The molecule has 100 valence electrons. The van der Waals surface area contributed by atoms with Crippen LogP contribution in [0.3, 0.4) is 0 Å². The summed E-state index contributed by atoms with van der Waals surface area (Å²) in [6.45, 7) is 5.78.